The number of methoxy groups -OCH3 is 4. The average Bonchev–Trinajstić information content (AvgIpc) is 2.62. The Hall–Kier alpha value is -2.89. The highest BCUT2D eigenvalue weighted by molar-refractivity contribution is 5.69. The highest BCUT2D eigenvalue weighted by Crippen LogP contribution is 2.49. The number of hydrogen-bond acceptors (Lipinski definition) is 6. The van der Waals surface area contributed by atoms with Gasteiger partial charge in [0, 0.05) is 24.5 Å². The summed E-state index contributed by atoms with van der Waals surface area (Å²) in [5.74, 6) is 2.28. The predicted molar refractivity (Wildman–Crippen MR) is 97.9 cm³/mol. The van der Waals surface area contributed by atoms with Gasteiger partial charge in [0.1, 0.15) is 5.75 Å². The van der Waals surface area contributed by atoms with Gasteiger partial charge in [-0.25, -0.2) is 0 Å². The third-order valence-electron chi connectivity index (χ3n) is 4.04. The fourth-order valence-corrected chi connectivity index (χ4v) is 2.96. The van der Waals surface area contributed by atoms with E-state index in [4.69, 9.17) is 23.7 Å². The first-order valence-electron chi connectivity index (χ1n) is 8.09. The van der Waals surface area contributed by atoms with Crippen LogP contribution in [0.4, 0.5) is 0 Å². The van der Waals surface area contributed by atoms with Crippen LogP contribution in [0.25, 0.3) is 0 Å². The third kappa shape index (κ3) is 3.85. The fraction of sp³-hybridized carbons (Fsp3) is 0.350. The molecule has 0 aromatic heterocycles. The number of rotatable bonds is 7. The number of carbonyl (C=O) groups is 1. The molecule has 2 aromatic rings. The minimum Gasteiger partial charge on any atom is -0.492 e. The second-order valence-corrected chi connectivity index (χ2v) is 5.65. The van der Waals surface area contributed by atoms with Crippen molar-refractivity contribution in [2.24, 2.45) is 0 Å². The molecule has 0 saturated carbocycles. The second-order valence-electron chi connectivity index (χ2n) is 5.65. The lowest BCUT2D eigenvalue weighted by Gasteiger charge is -2.21. The molecule has 0 atom stereocenters. The van der Waals surface area contributed by atoms with E-state index in [1.54, 1.807) is 34.5 Å². The van der Waals surface area contributed by atoms with Gasteiger partial charge in [-0.15, -0.1) is 0 Å². The van der Waals surface area contributed by atoms with Crippen LogP contribution in [0, 0.1) is 6.92 Å². The van der Waals surface area contributed by atoms with Crippen molar-refractivity contribution in [1.29, 1.82) is 0 Å². The van der Waals surface area contributed by atoms with E-state index >= 15 is 0 Å². The van der Waals surface area contributed by atoms with Crippen molar-refractivity contribution in [3.63, 3.8) is 0 Å². The summed E-state index contributed by atoms with van der Waals surface area (Å²) >= 11 is 0. The Bertz CT molecular complexity index is 797. The van der Waals surface area contributed by atoms with Crippen molar-refractivity contribution < 1.29 is 28.5 Å². The number of ether oxygens (including phenoxy) is 5. The molecule has 0 fully saturated rings. The lowest BCUT2D eigenvalue weighted by atomic mass is 9.97. The van der Waals surface area contributed by atoms with Crippen molar-refractivity contribution in [2.45, 2.75) is 20.3 Å². The topological polar surface area (TPSA) is 63.2 Å². The summed E-state index contributed by atoms with van der Waals surface area (Å²) in [6, 6.07) is 7.36. The molecule has 0 heterocycles. The van der Waals surface area contributed by atoms with Crippen LogP contribution in [0.5, 0.6) is 28.7 Å². The molecule has 2 rings (SSSR count). The van der Waals surface area contributed by atoms with Gasteiger partial charge in [-0.05, 0) is 24.6 Å². The first-order chi connectivity index (χ1) is 12.5. The molecule has 6 heteroatoms. The van der Waals surface area contributed by atoms with Crippen LogP contribution >= 0.6 is 0 Å². The van der Waals surface area contributed by atoms with Gasteiger partial charge < -0.3 is 23.7 Å². The van der Waals surface area contributed by atoms with Crippen LogP contribution in [0.1, 0.15) is 23.6 Å². The molecule has 0 unspecified atom stereocenters. The summed E-state index contributed by atoms with van der Waals surface area (Å²) in [6.07, 6.45) is 0.542. The minimum atomic E-state index is -0.358. The van der Waals surface area contributed by atoms with Crippen molar-refractivity contribution in [3.05, 3.63) is 41.0 Å². The van der Waals surface area contributed by atoms with E-state index in [0.717, 1.165) is 16.7 Å². The summed E-state index contributed by atoms with van der Waals surface area (Å²) in [6.45, 7) is 3.31. The SMILES string of the molecule is COc1c(C)c(Cc2cccc(OC(C)=O)c2)c(OC)c(OC)c1OC. The molecular formula is C20H24O6. The van der Waals surface area contributed by atoms with Crippen LogP contribution < -0.4 is 23.7 Å². The van der Waals surface area contributed by atoms with E-state index in [9.17, 15) is 4.79 Å². The Kier molecular flexibility index (Phi) is 6.33. The largest absolute Gasteiger partial charge is 0.492 e. The standard InChI is InChI=1S/C20H24O6/c1-12-16(11-14-8-7-9-15(10-14)26-13(2)21)18(23-4)20(25-6)19(24-5)17(12)22-3/h7-10H,11H2,1-6H3. The molecule has 26 heavy (non-hydrogen) atoms. The summed E-state index contributed by atoms with van der Waals surface area (Å²) in [4.78, 5) is 11.2. The molecule has 0 bridgehead atoms. The predicted octanol–water partition coefficient (Wildman–Crippen LogP) is 3.55. The summed E-state index contributed by atoms with van der Waals surface area (Å²) in [5.41, 5.74) is 2.75. The minimum absolute atomic E-state index is 0.358. The van der Waals surface area contributed by atoms with Gasteiger partial charge in [0.25, 0.3) is 0 Å². The van der Waals surface area contributed by atoms with Gasteiger partial charge in [0.2, 0.25) is 11.5 Å². The van der Waals surface area contributed by atoms with Crippen LogP contribution in [-0.4, -0.2) is 34.4 Å². The molecule has 0 amide bonds. The maximum Gasteiger partial charge on any atom is 0.308 e. The molecule has 0 aliphatic rings. The summed E-state index contributed by atoms with van der Waals surface area (Å²) < 4.78 is 27.3. The Balaban J connectivity index is 2.57. The third-order valence-corrected chi connectivity index (χ3v) is 4.04. The van der Waals surface area contributed by atoms with Gasteiger partial charge in [0.15, 0.2) is 11.5 Å². The molecular weight excluding hydrogens is 336 g/mol. The highest BCUT2D eigenvalue weighted by atomic mass is 16.5. The number of esters is 1. The van der Waals surface area contributed by atoms with Crippen molar-refractivity contribution in [2.75, 3.05) is 28.4 Å². The molecule has 0 radical (unpaired) electrons. The van der Waals surface area contributed by atoms with Crippen molar-refractivity contribution >= 4 is 5.97 Å². The lowest BCUT2D eigenvalue weighted by molar-refractivity contribution is -0.131. The maximum absolute atomic E-state index is 11.2. The molecule has 0 aliphatic heterocycles. The second kappa shape index (κ2) is 8.47. The summed E-state index contributed by atoms with van der Waals surface area (Å²) in [5, 5.41) is 0. The Morgan fingerprint density at radius 3 is 2.00 bits per heavy atom. The number of hydrogen-bond donors (Lipinski definition) is 0. The lowest BCUT2D eigenvalue weighted by Crippen LogP contribution is -2.06. The molecule has 0 spiro atoms. The van der Waals surface area contributed by atoms with E-state index in [-0.39, 0.29) is 5.97 Å². The molecule has 6 nitrogen and oxygen atoms in total. The van der Waals surface area contributed by atoms with Crippen LogP contribution in [0.2, 0.25) is 0 Å². The Morgan fingerprint density at radius 1 is 0.885 bits per heavy atom. The Morgan fingerprint density at radius 2 is 1.46 bits per heavy atom. The van der Waals surface area contributed by atoms with E-state index in [1.165, 1.54) is 6.92 Å². The van der Waals surface area contributed by atoms with Gasteiger partial charge in [-0.1, -0.05) is 12.1 Å². The Labute approximate surface area is 153 Å². The fourth-order valence-electron chi connectivity index (χ4n) is 2.96. The van der Waals surface area contributed by atoms with Crippen LogP contribution in [0.3, 0.4) is 0 Å². The van der Waals surface area contributed by atoms with Crippen LogP contribution in [-0.2, 0) is 11.2 Å². The van der Waals surface area contributed by atoms with Crippen molar-refractivity contribution in [3.8, 4) is 28.7 Å². The van der Waals surface area contributed by atoms with Gasteiger partial charge in [-0.2, -0.15) is 0 Å². The molecule has 0 aliphatic carbocycles. The van der Waals surface area contributed by atoms with Crippen LogP contribution in [0.15, 0.2) is 24.3 Å². The number of carbonyl (C=O) groups excluding carboxylic acids is 1. The molecule has 0 saturated heterocycles. The smallest absolute Gasteiger partial charge is 0.308 e. The van der Waals surface area contributed by atoms with E-state index in [1.807, 2.05) is 25.1 Å². The first kappa shape index (κ1) is 19.4. The monoisotopic (exact) mass is 360 g/mol. The van der Waals surface area contributed by atoms with Crippen molar-refractivity contribution in [1.82, 2.24) is 0 Å². The zero-order chi connectivity index (χ0) is 19.3. The highest BCUT2D eigenvalue weighted by Gasteiger charge is 2.25. The zero-order valence-corrected chi connectivity index (χ0v) is 16.0. The molecule has 0 N–H and O–H groups in total. The van der Waals surface area contributed by atoms with Gasteiger partial charge >= 0.3 is 5.97 Å². The summed E-state index contributed by atoms with van der Waals surface area (Å²) in [7, 11) is 6.28. The van der Waals surface area contributed by atoms with E-state index in [0.29, 0.717) is 35.2 Å². The maximum atomic E-state index is 11.2. The molecule has 2 aromatic carbocycles. The zero-order valence-electron chi connectivity index (χ0n) is 16.0. The average molecular weight is 360 g/mol. The van der Waals surface area contributed by atoms with E-state index < -0.39 is 0 Å². The number of benzene rings is 2. The van der Waals surface area contributed by atoms with E-state index in [2.05, 4.69) is 0 Å². The molecule has 140 valence electrons. The quantitative estimate of drug-likeness (QED) is 0.556. The van der Waals surface area contributed by atoms with Gasteiger partial charge in [-0.3, -0.25) is 4.79 Å². The first-order valence-corrected chi connectivity index (χ1v) is 8.09. The normalized spacial score (nSPS) is 10.2. The van der Waals surface area contributed by atoms with Gasteiger partial charge in [0.05, 0.1) is 28.4 Å².